The van der Waals surface area contributed by atoms with Gasteiger partial charge in [0.1, 0.15) is 0 Å². The Morgan fingerprint density at radius 2 is 1.56 bits per heavy atom. The topological polar surface area (TPSA) is 142 Å². The van der Waals surface area contributed by atoms with Gasteiger partial charge in [-0.25, -0.2) is 0 Å². The molecule has 1 aliphatic carbocycles. The van der Waals surface area contributed by atoms with Crippen molar-refractivity contribution in [1.29, 1.82) is 0 Å². The van der Waals surface area contributed by atoms with Gasteiger partial charge >= 0.3 is 5.97 Å². The standard InChI is InChI=1S/C29H35N3O7/c1-2-3-4-5-6-7-8-9-12-17-39-29(34)26-16-15-21-13-10-11-14-25(21)27(26)30-28(33)22-18-23(31(35)36)20-24(19-22)32(37)38/h2,10-11,13-14,18-20,26-27H,1,3-9,12,15-17H2,(H,30,33). The van der Waals surface area contributed by atoms with Crippen molar-refractivity contribution in [1.82, 2.24) is 5.32 Å². The molecule has 208 valence electrons. The van der Waals surface area contributed by atoms with Crippen molar-refractivity contribution in [3.63, 3.8) is 0 Å². The third-order valence-corrected chi connectivity index (χ3v) is 6.99. The molecule has 2 atom stereocenters. The highest BCUT2D eigenvalue weighted by molar-refractivity contribution is 5.96. The molecule has 0 fully saturated rings. The van der Waals surface area contributed by atoms with Gasteiger partial charge in [-0.3, -0.25) is 29.8 Å². The summed E-state index contributed by atoms with van der Waals surface area (Å²) in [4.78, 5) is 47.2. The summed E-state index contributed by atoms with van der Waals surface area (Å²) in [7, 11) is 0. The maximum Gasteiger partial charge on any atom is 0.311 e. The van der Waals surface area contributed by atoms with E-state index in [-0.39, 0.29) is 5.56 Å². The number of nitro benzene ring substituents is 2. The van der Waals surface area contributed by atoms with Crippen LogP contribution in [0.25, 0.3) is 0 Å². The van der Waals surface area contributed by atoms with Crippen molar-refractivity contribution >= 4 is 23.3 Å². The molecule has 39 heavy (non-hydrogen) atoms. The van der Waals surface area contributed by atoms with Crippen LogP contribution in [0, 0.1) is 26.1 Å². The zero-order valence-electron chi connectivity index (χ0n) is 22.0. The first-order valence-electron chi connectivity index (χ1n) is 13.4. The maximum atomic E-state index is 13.2. The highest BCUT2D eigenvalue weighted by atomic mass is 16.6. The van der Waals surface area contributed by atoms with Crippen LogP contribution < -0.4 is 5.32 Å². The Labute approximate surface area is 227 Å². The lowest BCUT2D eigenvalue weighted by Gasteiger charge is -2.32. The number of carbonyl (C=O) groups excluding carboxylic acids is 2. The molecule has 2 aromatic rings. The smallest absolute Gasteiger partial charge is 0.311 e. The summed E-state index contributed by atoms with van der Waals surface area (Å²) in [5, 5.41) is 25.3. The number of rotatable bonds is 15. The summed E-state index contributed by atoms with van der Waals surface area (Å²) in [5.41, 5.74) is 0.383. The molecule has 0 saturated carbocycles. The lowest BCUT2D eigenvalue weighted by atomic mass is 9.79. The van der Waals surface area contributed by atoms with Gasteiger partial charge in [-0.2, -0.15) is 0 Å². The van der Waals surface area contributed by atoms with Crippen LogP contribution in [0.5, 0.6) is 0 Å². The molecule has 2 aromatic carbocycles. The van der Waals surface area contributed by atoms with Crippen molar-refractivity contribution in [3.05, 3.63) is 92.0 Å². The number of allylic oxidation sites excluding steroid dienone is 1. The molecule has 10 heteroatoms. The average Bonchev–Trinajstić information content (AvgIpc) is 2.93. The number of nitro groups is 2. The lowest BCUT2D eigenvalue weighted by Crippen LogP contribution is -2.40. The molecule has 0 aromatic heterocycles. The number of non-ortho nitro benzene ring substituents is 2. The van der Waals surface area contributed by atoms with Gasteiger partial charge < -0.3 is 10.1 Å². The van der Waals surface area contributed by atoms with E-state index in [1.165, 1.54) is 19.3 Å². The number of fused-ring (bicyclic) bond motifs is 1. The molecule has 1 amide bonds. The summed E-state index contributed by atoms with van der Waals surface area (Å²) >= 11 is 0. The third-order valence-electron chi connectivity index (χ3n) is 6.99. The van der Waals surface area contributed by atoms with E-state index < -0.39 is 45.1 Å². The van der Waals surface area contributed by atoms with E-state index in [0.29, 0.717) is 19.4 Å². The van der Waals surface area contributed by atoms with E-state index in [1.807, 2.05) is 24.3 Å². The monoisotopic (exact) mass is 537 g/mol. The van der Waals surface area contributed by atoms with Crippen molar-refractivity contribution in [2.24, 2.45) is 5.92 Å². The Morgan fingerprint density at radius 3 is 2.21 bits per heavy atom. The molecule has 3 rings (SSSR count). The quantitative estimate of drug-likeness (QED) is 0.0912. The predicted octanol–water partition coefficient (Wildman–Crippen LogP) is 6.39. The fourth-order valence-electron chi connectivity index (χ4n) is 4.91. The van der Waals surface area contributed by atoms with Crippen LogP contribution in [-0.2, 0) is 16.0 Å². The number of ether oxygens (including phenoxy) is 1. The van der Waals surface area contributed by atoms with Crippen LogP contribution in [0.15, 0.2) is 55.1 Å². The van der Waals surface area contributed by atoms with Gasteiger partial charge in [0.15, 0.2) is 0 Å². The Kier molecular flexibility index (Phi) is 11.1. The van der Waals surface area contributed by atoms with Gasteiger partial charge in [-0.05, 0) is 43.2 Å². The van der Waals surface area contributed by atoms with Crippen LogP contribution in [-0.4, -0.2) is 28.3 Å². The van der Waals surface area contributed by atoms with Gasteiger partial charge in [0.05, 0.1) is 40.0 Å². The van der Waals surface area contributed by atoms with Crippen LogP contribution in [0.1, 0.15) is 85.3 Å². The third kappa shape index (κ3) is 8.46. The largest absolute Gasteiger partial charge is 0.465 e. The molecule has 1 N–H and O–H groups in total. The Hall–Kier alpha value is -4.08. The molecule has 0 spiro atoms. The number of nitrogens with zero attached hydrogens (tertiary/aromatic N) is 2. The highest BCUT2D eigenvalue weighted by Crippen LogP contribution is 2.36. The second-order valence-electron chi connectivity index (χ2n) is 9.77. The second kappa shape index (κ2) is 14.8. The first-order valence-corrected chi connectivity index (χ1v) is 13.4. The SMILES string of the molecule is C=CCCCCCCCCCOC(=O)C1CCc2ccccc2C1NC(=O)c1cc([N+](=O)[O-])cc([N+](=O)[O-])c1. The molecule has 0 heterocycles. The summed E-state index contributed by atoms with van der Waals surface area (Å²) in [6.45, 7) is 4.03. The minimum absolute atomic E-state index is 0.226. The number of esters is 1. The molecular weight excluding hydrogens is 502 g/mol. The molecular formula is C29H35N3O7. The average molecular weight is 538 g/mol. The summed E-state index contributed by atoms with van der Waals surface area (Å²) < 4.78 is 5.59. The molecule has 2 unspecified atom stereocenters. The van der Waals surface area contributed by atoms with Gasteiger partial charge in [0, 0.05) is 12.1 Å². The number of benzene rings is 2. The van der Waals surface area contributed by atoms with Crippen LogP contribution in [0.3, 0.4) is 0 Å². The van der Waals surface area contributed by atoms with Crippen molar-refractivity contribution in [3.8, 4) is 0 Å². The number of nitrogens with one attached hydrogen (secondary N) is 1. The minimum Gasteiger partial charge on any atom is -0.465 e. The number of unbranched alkanes of at least 4 members (excludes halogenated alkanes) is 7. The van der Waals surface area contributed by atoms with Crippen LogP contribution in [0.4, 0.5) is 11.4 Å². The first-order chi connectivity index (χ1) is 18.8. The summed E-state index contributed by atoms with van der Waals surface area (Å²) in [6, 6.07) is 9.48. The van der Waals surface area contributed by atoms with Crippen molar-refractivity contribution < 1.29 is 24.2 Å². The van der Waals surface area contributed by atoms with E-state index in [0.717, 1.165) is 61.4 Å². The second-order valence-corrected chi connectivity index (χ2v) is 9.77. The molecule has 0 bridgehead atoms. The Morgan fingerprint density at radius 1 is 0.949 bits per heavy atom. The van der Waals surface area contributed by atoms with Gasteiger partial charge in [-0.15, -0.1) is 6.58 Å². The number of carbonyl (C=O) groups is 2. The van der Waals surface area contributed by atoms with E-state index in [2.05, 4.69) is 11.9 Å². The van der Waals surface area contributed by atoms with Crippen molar-refractivity contribution in [2.75, 3.05) is 6.61 Å². The fourth-order valence-corrected chi connectivity index (χ4v) is 4.91. The molecule has 10 nitrogen and oxygen atoms in total. The maximum absolute atomic E-state index is 13.2. The number of hydrogen-bond donors (Lipinski definition) is 1. The first kappa shape index (κ1) is 29.5. The normalized spacial score (nSPS) is 16.1. The van der Waals surface area contributed by atoms with E-state index in [9.17, 15) is 29.8 Å². The van der Waals surface area contributed by atoms with Gasteiger partial charge in [0.25, 0.3) is 17.3 Å². The summed E-state index contributed by atoms with van der Waals surface area (Å²) in [6.07, 6.45) is 11.6. The van der Waals surface area contributed by atoms with Gasteiger partial charge in [0.2, 0.25) is 0 Å². The van der Waals surface area contributed by atoms with Gasteiger partial charge in [-0.1, -0.05) is 62.4 Å². The Balaban J connectivity index is 1.65. The minimum atomic E-state index is -0.789. The van der Waals surface area contributed by atoms with E-state index >= 15 is 0 Å². The summed E-state index contributed by atoms with van der Waals surface area (Å²) in [5.74, 6) is -1.80. The van der Waals surface area contributed by atoms with E-state index in [1.54, 1.807) is 6.07 Å². The zero-order valence-corrected chi connectivity index (χ0v) is 22.0. The lowest BCUT2D eigenvalue weighted by molar-refractivity contribution is -0.394. The van der Waals surface area contributed by atoms with E-state index in [4.69, 9.17) is 4.74 Å². The van der Waals surface area contributed by atoms with Crippen LogP contribution in [0.2, 0.25) is 0 Å². The van der Waals surface area contributed by atoms with Crippen molar-refractivity contribution in [2.45, 2.75) is 70.3 Å². The fraction of sp³-hybridized carbons (Fsp3) is 0.448. The number of hydrogen-bond acceptors (Lipinski definition) is 7. The Bertz CT molecular complexity index is 1160. The molecule has 0 saturated heterocycles. The number of aryl methyl sites for hydroxylation is 1. The molecule has 1 aliphatic rings. The predicted molar refractivity (Wildman–Crippen MR) is 146 cm³/mol. The molecule has 0 radical (unpaired) electrons. The zero-order chi connectivity index (χ0) is 28.2. The highest BCUT2D eigenvalue weighted by Gasteiger charge is 2.37. The number of amides is 1. The van der Waals surface area contributed by atoms with Crippen LogP contribution >= 0.6 is 0 Å². The molecule has 0 aliphatic heterocycles.